The standard InChI is InChI=1S/C20H25N5O2/c1-13-17(20(27)24-19(23-13)16-3-2-6-21-12-16)9-18(26)25-7-4-14-10-22-11-15(14)5-8-25/h2-3,6,12,14-15,22H,4-5,7-11H2,1H3,(H,23,24,27)/t14-,15+. The molecule has 0 bridgehead atoms. The van der Waals surface area contributed by atoms with Crippen LogP contribution in [-0.4, -0.2) is 51.9 Å². The molecule has 27 heavy (non-hydrogen) atoms. The SMILES string of the molecule is Cc1nc(-c2cccnc2)[nH]c(=O)c1CC(=O)N1CC[C@@H]2CNC[C@@H]2CC1. The van der Waals surface area contributed by atoms with Crippen LogP contribution >= 0.6 is 0 Å². The second-order valence-electron chi connectivity index (χ2n) is 7.53. The zero-order valence-electron chi connectivity index (χ0n) is 15.6. The van der Waals surface area contributed by atoms with Gasteiger partial charge in [-0.15, -0.1) is 0 Å². The molecular formula is C20H25N5O2. The first-order valence-electron chi connectivity index (χ1n) is 9.60. The van der Waals surface area contributed by atoms with E-state index >= 15 is 0 Å². The van der Waals surface area contributed by atoms with Crippen molar-refractivity contribution in [1.29, 1.82) is 0 Å². The minimum absolute atomic E-state index is 0.0208. The molecule has 2 aliphatic rings. The average molecular weight is 367 g/mol. The molecule has 7 heteroatoms. The summed E-state index contributed by atoms with van der Waals surface area (Å²) >= 11 is 0. The number of amides is 1. The first kappa shape index (κ1) is 17.9. The third-order valence-electron chi connectivity index (χ3n) is 5.86. The monoisotopic (exact) mass is 367 g/mol. The number of likely N-dealkylation sites (tertiary alicyclic amines) is 1. The first-order chi connectivity index (χ1) is 13.1. The van der Waals surface area contributed by atoms with Gasteiger partial charge in [0.2, 0.25) is 5.91 Å². The third-order valence-corrected chi connectivity index (χ3v) is 5.86. The Morgan fingerprint density at radius 1 is 1.26 bits per heavy atom. The molecule has 2 fully saturated rings. The molecule has 4 heterocycles. The zero-order chi connectivity index (χ0) is 18.8. The molecule has 4 rings (SSSR count). The van der Waals surface area contributed by atoms with Crippen molar-refractivity contribution in [2.75, 3.05) is 26.2 Å². The Bertz CT molecular complexity index is 866. The number of fused-ring (bicyclic) bond motifs is 1. The predicted octanol–water partition coefficient (Wildman–Crippen LogP) is 1.14. The fraction of sp³-hybridized carbons (Fsp3) is 0.500. The van der Waals surface area contributed by atoms with E-state index < -0.39 is 0 Å². The lowest BCUT2D eigenvalue weighted by Gasteiger charge is -2.21. The fourth-order valence-electron chi connectivity index (χ4n) is 4.19. The van der Waals surface area contributed by atoms with Gasteiger partial charge in [-0.05, 0) is 56.8 Å². The van der Waals surface area contributed by atoms with Gasteiger partial charge < -0.3 is 15.2 Å². The summed E-state index contributed by atoms with van der Waals surface area (Å²) in [6.07, 6.45) is 5.52. The number of hydrogen-bond donors (Lipinski definition) is 2. The molecule has 2 aromatic heterocycles. The molecule has 142 valence electrons. The van der Waals surface area contributed by atoms with Gasteiger partial charge in [-0.1, -0.05) is 0 Å². The highest BCUT2D eigenvalue weighted by Crippen LogP contribution is 2.27. The molecule has 0 spiro atoms. The maximum Gasteiger partial charge on any atom is 0.255 e. The molecule has 0 aliphatic carbocycles. The van der Waals surface area contributed by atoms with Crippen molar-refractivity contribution in [3.8, 4) is 11.4 Å². The van der Waals surface area contributed by atoms with Crippen LogP contribution in [0.2, 0.25) is 0 Å². The highest BCUT2D eigenvalue weighted by atomic mass is 16.2. The van der Waals surface area contributed by atoms with Gasteiger partial charge in [-0.25, -0.2) is 4.98 Å². The van der Waals surface area contributed by atoms with Crippen molar-refractivity contribution in [2.45, 2.75) is 26.2 Å². The minimum atomic E-state index is -0.245. The van der Waals surface area contributed by atoms with Crippen LogP contribution in [0.4, 0.5) is 0 Å². The maximum atomic E-state index is 12.8. The van der Waals surface area contributed by atoms with Crippen molar-refractivity contribution in [1.82, 2.24) is 25.2 Å². The lowest BCUT2D eigenvalue weighted by molar-refractivity contribution is -0.130. The van der Waals surface area contributed by atoms with Crippen molar-refractivity contribution in [2.24, 2.45) is 11.8 Å². The summed E-state index contributed by atoms with van der Waals surface area (Å²) in [6, 6.07) is 3.64. The molecule has 2 aliphatic heterocycles. The van der Waals surface area contributed by atoms with Crippen LogP contribution in [0.5, 0.6) is 0 Å². The number of aryl methyl sites for hydroxylation is 1. The molecule has 0 saturated carbocycles. The molecule has 2 aromatic rings. The molecular weight excluding hydrogens is 342 g/mol. The highest BCUT2D eigenvalue weighted by molar-refractivity contribution is 5.79. The Morgan fingerprint density at radius 3 is 2.63 bits per heavy atom. The fourth-order valence-corrected chi connectivity index (χ4v) is 4.19. The second kappa shape index (κ2) is 7.60. The highest BCUT2D eigenvalue weighted by Gasteiger charge is 2.31. The van der Waals surface area contributed by atoms with E-state index in [1.165, 1.54) is 0 Å². The number of carbonyl (C=O) groups excluding carboxylic acids is 1. The number of carbonyl (C=O) groups is 1. The van der Waals surface area contributed by atoms with E-state index in [4.69, 9.17) is 0 Å². The number of H-pyrrole nitrogens is 1. The van der Waals surface area contributed by atoms with Crippen LogP contribution < -0.4 is 10.9 Å². The third kappa shape index (κ3) is 3.78. The number of rotatable bonds is 3. The van der Waals surface area contributed by atoms with Gasteiger partial charge in [0.05, 0.1) is 6.42 Å². The van der Waals surface area contributed by atoms with Crippen molar-refractivity contribution in [3.05, 3.63) is 46.1 Å². The average Bonchev–Trinajstić information content (AvgIpc) is 3.03. The number of hydrogen-bond acceptors (Lipinski definition) is 5. The zero-order valence-corrected chi connectivity index (χ0v) is 15.6. The summed E-state index contributed by atoms with van der Waals surface area (Å²) in [4.78, 5) is 38.7. The summed E-state index contributed by atoms with van der Waals surface area (Å²) in [5.74, 6) is 1.85. The summed E-state index contributed by atoms with van der Waals surface area (Å²) in [6.45, 7) is 5.46. The van der Waals surface area contributed by atoms with E-state index in [0.717, 1.165) is 44.6 Å². The van der Waals surface area contributed by atoms with E-state index in [1.54, 1.807) is 25.4 Å². The van der Waals surface area contributed by atoms with Crippen molar-refractivity contribution >= 4 is 5.91 Å². The van der Waals surface area contributed by atoms with E-state index in [2.05, 4.69) is 20.3 Å². The Morgan fingerprint density at radius 2 is 2.00 bits per heavy atom. The molecule has 2 N–H and O–H groups in total. The molecule has 7 nitrogen and oxygen atoms in total. The van der Waals surface area contributed by atoms with Crippen LogP contribution in [0.1, 0.15) is 24.1 Å². The van der Waals surface area contributed by atoms with E-state index in [9.17, 15) is 9.59 Å². The Balaban J connectivity index is 1.49. The smallest absolute Gasteiger partial charge is 0.255 e. The molecule has 1 amide bonds. The lowest BCUT2D eigenvalue weighted by atomic mass is 9.92. The van der Waals surface area contributed by atoms with Crippen LogP contribution in [0.3, 0.4) is 0 Å². The number of pyridine rings is 1. The van der Waals surface area contributed by atoms with Crippen LogP contribution in [-0.2, 0) is 11.2 Å². The van der Waals surface area contributed by atoms with E-state index in [0.29, 0.717) is 28.9 Å². The van der Waals surface area contributed by atoms with Crippen LogP contribution in [0.15, 0.2) is 29.3 Å². The van der Waals surface area contributed by atoms with Gasteiger partial charge in [0.15, 0.2) is 0 Å². The molecule has 2 atom stereocenters. The van der Waals surface area contributed by atoms with Gasteiger partial charge in [0, 0.05) is 42.3 Å². The number of aromatic amines is 1. The lowest BCUT2D eigenvalue weighted by Crippen LogP contribution is -2.35. The van der Waals surface area contributed by atoms with Gasteiger partial charge in [0.25, 0.3) is 5.56 Å². The Hall–Kier alpha value is -2.54. The van der Waals surface area contributed by atoms with Crippen molar-refractivity contribution in [3.63, 3.8) is 0 Å². The molecule has 0 unspecified atom stereocenters. The summed E-state index contributed by atoms with van der Waals surface area (Å²) < 4.78 is 0. The summed E-state index contributed by atoms with van der Waals surface area (Å²) in [5, 5.41) is 3.45. The summed E-state index contributed by atoms with van der Waals surface area (Å²) in [7, 11) is 0. The normalized spacial score (nSPS) is 22.3. The second-order valence-corrected chi connectivity index (χ2v) is 7.53. The largest absolute Gasteiger partial charge is 0.342 e. The van der Waals surface area contributed by atoms with Crippen LogP contribution in [0.25, 0.3) is 11.4 Å². The first-order valence-corrected chi connectivity index (χ1v) is 9.60. The number of nitrogens with one attached hydrogen (secondary N) is 2. The summed E-state index contributed by atoms with van der Waals surface area (Å²) in [5.41, 5.74) is 1.56. The number of aromatic nitrogens is 3. The van der Waals surface area contributed by atoms with Gasteiger partial charge in [-0.2, -0.15) is 0 Å². The minimum Gasteiger partial charge on any atom is -0.342 e. The van der Waals surface area contributed by atoms with Gasteiger partial charge >= 0.3 is 0 Å². The van der Waals surface area contributed by atoms with Gasteiger partial charge in [0.1, 0.15) is 5.82 Å². The Kier molecular flexibility index (Phi) is 5.03. The quantitative estimate of drug-likeness (QED) is 0.849. The Labute approximate surface area is 158 Å². The van der Waals surface area contributed by atoms with Crippen molar-refractivity contribution < 1.29 is 4.79 Å². The van der Waals surface area contributed by atoms with Gasteiger partial charge in [-0.3, -0.25) is 14.6 Å². The van der Waals surface area contributed by atoms with Crippen LogP contribution in [0, 0.1) is 18.8 Å². The molecule has 0 radical (unpaired) electrons. The molecule has 0 aromatic carbocycles. The van der Waals surface area contributed by atoms with E-state index in [-0.39, 0.29) is 17.9 Å². The number of nitrogens with zero attached hydrogens (tertiary/aromatic N) is 3. The van der Waals surface area contributed by atoms with E-state index in [1.807, 2.05) is 11.0 Å². The maximum absolute atomic E-state index is 12.8. The predicted molar refractivity (Wildman–Crippen MR) is 102 cm³/mol. The topological polar surface area (TPSA) is 91.0 Å². The molecule has 2 saturated heterocycles.